The summed E-state index contributed by atoms with van der Waals surface area (Å²) < 4.78 is 8.06. The van der Waals surface area contributed by atoms with Crippen molar-refractivity contribution in [3.63, 3.8) is 0 Å². The first-order chi connectivity index (χ1) is 15.0. The van der Waals surface area contributed by atoms with Gasteiger partial charge in [0.25, 0.3) is 0 Å². The molecule has 0 spiro atoms. The molecule has 0 radical (unpaired) electrons. The van der Waals surface area contributed by atoms with E-state index in [1.807, 2.05) is 58.2 Å². The van der Waals surface area contributed by atoms with E-state index in [2.05, 4.69) is 6.07 Å². The molecule has 3 aromatic rings. The minimum atomic E-state index is -1.19. The zero-order valence-electron chi connectivity index (χ0n) is 19.3. The molecule has 2 aromatic heterocycles. The molecule has 7 heteroatoms. The van der Waals surface area contributed by atoms with Gasteiger partial charge in [0, 0.05) is 39.5 Å². The Labute approximate surface area is 193 Å². The third-order valence-corrected chi connectivity index (χ3v) is 5.77. The lowest BCUT2D eigenvalue weighted by atomic mass is 9.91. The summed E-state index contributed by atoms with van der Waals surface area (Å²) in [5.41, 5.74) is 4.78. The average molecular weight is 454 g/mol. The van der Waals surface area contributed by atoms with Gasteiger partial charge in [-0.3, -0.25) is 0 Å². The Morgan fingerprint density at radius 1 is 1.25 bits per heavy atom. The number of aromatic nitrogens is 2. The Kier molecular flexibility index (Phi) is 6.64. The number of hydrogen-bond donors (Lipinski definition) is 1. The van der Waals surface area contributed by atoms with Crippen LogP contribution in [0.3, 0.4) is 0 Å². The molecule has 1 N–H and O–H groups in total. The van der Waals surface area contributed by atoms with Crippen LogP contribution in [0.4, 0.5) is 0 Å². The first-order valence-electron chi connectivity index (χ1n) is 10.5. The van der Waals surface area contributed by atoms with Gasteiger partial charge in [0.05, 0.1) is 18.1 Å². The molecule has 0 aliphatic heterocycles. The van der Waals surface area contributed by atoms with Gasteiger partial charge in [-0.05, 0) is 64.8 Å². The summed E-state index contributed by atoms with van der Waals surface area (Å²) >= 11 is 6.14. The van der Waals surface area contributed by atoms with E-state index in [0.717, 1.165) is 33.4 Å². The highest BCUT2D eigenvalue weighted by Crippen LogP contribution is 2.42. The average Bonchev–Trinajstić information content (AvgIpc) is 2.93. The quantitative estimate of drug-likeness (QED) is 0.484. The van der Waals surface area contributed by atoms with Gasteiger partial charge >= 0.3 is 5.97 Å². The highest BCUT2D eigenvalue weighted by molar-refractivity contribution is 6.30. The van der Waals surface area contributed by atoms with Crippen LogP contribution < -0.4 is 0 Å². The summed E-state index contributed by atoms with van der Waals surface area (Å²) in [4.78, 5) is 17.2. The van der Waals surface area contributed by atoms with Gasteiger partial charge in [0.15, 0.2) is 6.10 Å². The lowest BCUT2D eigenvalue weighted by Crippen LogP contribution is -2.28. The molecule has 32 heavy (non-hydrogen) atoms. The minimum Gasteiger partial charge on any atom is -0.479 e. The summed E-state index contributed by atoms with van der Waals surface area (Å²) in [6.07, 6.45) is -0.840. The number of ether oxygens (including phenoxy) is 1. The van der Waals surface area contributed by atoms with Crippen LogP contribution in [0.2, 0.25) is 5.02 Å². The van der Waals surface area contributed by atoms with Crippen LogP contribution in [0.15, 0.2) is 24.3 Å². The molecule has 1 aromatic carbocycles. The highest BCUT2D eigenvalue weighted by Gasteiger charge is 2.33. The number of fused-ring (bicyclic) bond motifs is 1. The number of carboxylic acids is 1. The predicted octanol–water partition coefficient (Wildman–Crippen LogP) is 6.14. The van der Waals surface area contributed by atoms with Crippen LogP contribution in [0.1, 0.15) is 55.8 Å². The van der Waals surface area contributed by atoms with Crippen molar-refractivity contribution in [3.05, 3.63) is 51.8 Å². The fourth-order valence-corrected chi connectivity index (χ4v) is 4.18. The standard InChI is InChI=1S/C25H28ClN3O3/c1-14-16(3)29(13-7-12-27)23-19(14)21(17-8-10-18(26)11-9-17)20(15(2)28-23)22(24(30)31)32-25(4,5)6/h8-11,22H,7,13H2,1-6H3,(H,30,31)/t22-/m0/s1. The number of carbonyl (C=O) groups is 1. The third-order valence-electron chi connectivity index (χ3n) is 5.52. The van der Waals surface area contributed by atoms with Crippen molar-refractivity contribution in [2.75, 3.05) is 0 Å². The van der Waals surface area contributed by atoms with Crippen LogP contribution in [-0.4, -0.2) is 26.2 Å². The van der Waals surface area contributed by atoms with Crippen LogP contribution in [0.5, 0.6) is 0 Å². The number of halogens is 1. The number of nitriles is 1. The van der Waals surface area contributed by atoms with Gasteiger partial charge in [-0.1, -0.05) is 23.7 Å². The Morgan fingerprint density at radius 3 is 2.41 bits per heavy atom. The Morgan fingerprint density at radius 2 is 1.88 bits per heavy atom. The molecule has 6 nitrogen and oxygen atoms in total. The molecule has 0 saturated carbocycles. The number of rotatable bonds is 6. The fraction of sp³-hybridized carbons (Fsp3) is 0.400. The van der Waals surface area contributed by atoms with Crippen molar-refractivity contribution < 1.29 is 14.6 Å². The zero-order chi connectivity index (χ0) is 23.8. The lowest BCUT2D eigenvalue weighted by Gasteiger charge is -2.28. The van der Waals surface area contributed by atoms with Crippen molar-refractivity contribution in [3.8, 4) is 17.2 Å². The summed E-state index contributed by atoms with van der Waals surface area (Å²) in [6.45, 7) is 11.8. The monoisotopic (exact) mass is 453 g/mol. The van der Waals surface area contributed by atoms with Crippen molar-refractivity contribution >= 4 is 28.6 Å². The lowest BCUT2D eigenvalue weighted by molar-refractivity contribution is -0.160. The van der Waals surface area contributed by atoms with Crippen molar-refractivity contribution in [1.29, 1.82) is 5.26 Å². The van der Waals surface area contributed by atoms with Crippen molar-refractivity contribution in [1.82, 2.24) is 9.55 Å². The summed E-state index contributed by atoms with van der Waals surface area (Å²) in [5.74, 6) is -1.07. The van der Waals surface area contributed by atoms with E-state index in [1.165, 1.54) is 0 Å². The predicted molar refractivity (Wildman–Crippen MR) is 126 cm³/mol. The third kappa shape index (κ3) is 4.50. The van der Waals surface area contributed by atoms with E-state index in [4.69, 9.17) is 26.6 Å². The largest absolute Gasteiger partial charge is 0.479 e. The number of pyridine rings is 1. The maximum atomic E-state index is 12.4. The molecule has 0 aliphatic carbocycles. The van der Waals surface area contributed by atoms with Crippen molar-refractivity contribution in [2.24, 2.45) is 0 Å². The van der Waals surface area contributed by atoms with Crippen LogP contribution in [0, 0.1) is 32.1 Å². The van der Waals surface area contributed by atoms with Gasteiger partial charge in [-0.15, -0.1) is 0 Å². The SMILES string of the molecule is Cc1nc2c(c(C)c(C)n2CCC#N)c(-c2ccc(Cl)cc2)c1[C@H](OC(C)(C)C)C(=O)O. The van der Waals surface area contributed by atoms with Gasteiger partial charge < -0.3 is 14.4 Å². The van der Waals surface area contributed by atoms with E-state index in [9.17, 15) is 9.90 Å². The maximum Gasteiger partial charge on any atom is 0.337 e. The smallest absolute Gasteiger partial charge is 0.337 e. The number of aliphatic carboxylic acids is 1. The molecule has 0 saturated heterocycles. The Balaban J connectivity index is 2.46. The second kappa shape index (κ2) is 8.93. The summed E-state index contributed by atoms with van der Waals surface area (Å²) in [6, 6.07) is 9.54. The molecule has 168 valence electrons. The molecule has 0 bridgehead atoms. The molecule has 1 atom stereocenters. The topological polar surface area (TPSA) is 88.1 Å². The van der Waals surface area contributed by atoms with Crippen LogP contribution >= 0.6 is 11.6 Å². The molecular formula is C25H28ClN3O3. The van der Waals surface area contributed by atoms with Crippen LogP contribution in [-0.2, 0) is 16.1 Å². The second-order valence-corrected chi connectivity index (χ2v) is 9.35. The maximum absolute atomic E-state index is 12.4. The molecular weight excluding hydrogens is 426 g/mol. The molecule has 0 unspecified atom stereocenters. The second-order valence-electron chi connectivity index (χ2n) is 8.91. The minimum absolute atomic E-state index is 0.355. The summed E-state index contributed by atoms with van der Waals surface area (Å²) in [5, 5.41) is 20.7. The fourth-order valence-electron chi connectivity index (χ4n) is 4.05. The molecule has 0 amide bonds. The number of hydrogen-bond acceptors (Lipinski definition) is 4. The first kappa shape index (κ1) is 23.8. The molecule has 0 fully saturated rings. The highest BCUT2D eigenvalue weighted by atomic mass is 35.5. The first-order valence-corrected chi connectivity index (χ1v) is 10.9. The Bertz CT molecular complexity index is 1210. The van der Waals surface area contributed by atoms with Gasteiger partial charge in [0.2, 0.25) is 0 Å². The van der Waals surface area contributed by atoms with Crippen LogP contribution in [0.25, 0.3) is 22.2 Å². The van der Waals surface area contributed by atoms with E-state index < -0.39 is 17.7 Å². The molecule has 2 heterocycles. The van der Waals surface area contributed by atoms with E-state index in [-0.39, 0.29) is 0 Å². The number of benzene rings is 1. The molecule has 0 aliphatic rings. The van der Waals surface area contributed by atoms with Gasteiger partial charge in [0.1, 0.15) is 5.65 Å². The van der Waals surface area contributed by atoms with E-state index >= 15 is 0 Å². The summed E-state index contributed by atoms with van der Waals surface area (Å²) in [7, 11) is 0. The number of carboxylic acid groups (broad SMARTS) is 1. The molecule has 3 rings (SSSR count). The number of aryl methyl sites for hydroxylation is 3. The number of nitrogens with zero attached hydrogens (tertiary/aromatic N) is 3. The Hall–Kier alpha value is -2.88. The van der Waals surface area contributed by atoms with E-state index in [0.29, 0.717) is 29.2 Å². The van der Waals surface area contributed by atoms with E-state index in [1.54, 1.807) is 12.1 Å². The van der Waals surface area contributed by atoms with Crippen molar-refractivity contribution in [2.45, 2.75) is 66.2 Å². The van der Waals surface area contributed by atoms with Gasteiger partial charge in [-0.2, -0.15) is 5.26 Å². The zero-order valence-corrected chi connectivity index (χ0v) is 20.0. The normalized spacial score (nSPS) is 12.7. The van der Waals surface area contributed by atoms with Gasteiger partial charge in [-0.25, -0.2) is 9.78 Å².